The van der Waals surface area contributed by atoms with Crippen molar-refractivity contribution in [3.63, 3.8) is 0 Å². The highest BCUT2D eigenvalue weighted by Gasteiger charge is 2.39. The number of H-pyrrole nitrogens is 2. The Morgan fingerprint density at radius 2 is 1.19 bits per heavy atom. The van der Waals surface area contributed by atoms with Gasteiger partial charge in [-0.2, -0.15) is 0 Å². The number of likely N-dealkylation sites (N-methyl/N-ethyl adjacent to an activating group) is 1. The number of halogens is 1. The zero-order valence-electron chi connectivity index (χ0n) is 48.5. The van der Waals surface area contributed by atoms with Crippen LogP contribution in [0, 0.1) is 11.7 Å². The number of guanidine groups is 1. The fourth-order valence-electron chi connectivity index (χ4n) is 10.6. The van der Waals surface area contributed by atoms with E-state index in [0.29, 0.717) is 41.6 Å². The van der Waals surface area contributed by atoms with Crippen LogP contribution in [0.5, 0.6) is 5.75 Å². The van der Waals surface area contributed by atoms with Crippen molar-refractivity contribution < 1.29 is 53.0 Å². The molecule has 0 spiro atoms. The Morgan fingerprint density at radius 3 is 1.77 bits per heavy atom. The van der Waals surface area contributed by atoms with E-state index in [1.165, 1.54) is 41.3 Å². The van der Waals surface area contributed by atoms with E-state index < -0.39 is 96.1 Å². The van der Waals surface area contributed by atoms with Gasteiger partial charge >= 0.3 is 0 Å². The molecule has 0 bridgehead atoms. The molecule has 7 atom stereocenters. The number of aromatic amines is 2. The number of aromatic nitrogens is 2. The van der Waals surface area contributed by atoms with Gasteiger partial charge in [-0.25, -0.2) is 4.39 Å². The second-order valence-electron chi connectivity index (χ2n) is 21.9. The number of nitrogens with zero attached hydrogens (tertiary/aromatic N) is 2. The zero-order valence-corrected chi connectivity index (χ0v) is 48.5. The third-order valence-corrected chi connectivity index (χ3v) is 15.0. The molecule has 0 saturated carbocycles. The van der Waals surface area contributed by atoms with Gasteiger partial charge in [-0.05, 0) is 104 Å². The van der Waals surface area contributed by atoms with Gasteiger partial charge in [-0.15, -0.1) is 0 Å². The predicted octanol–water partition coefficient (Wildman–Crippen LogP) is 2.28. The van der Waals surface area contributed by atoms with E-state index in [4.69, 9.17) is 11.5 Å². The molecule has 24 heteroatoms. The first-order valence-electron chi connectivity index (χ1n) is 29.0. The standard InChI is InChI=1S/C62H78FN13O10/c1-4-66-60(85)53-20-12-28-76(53)61(86)47(19-11-27-67-62(64)65)71-55(80)48(29-36(2)3)72-58(83)51(32-40-34-69-46-18-10-7-15-43(40)46)74-56(81)49(30-37-21-24-41(78)25-22-37)73-59(84)52(35-77)75-57(82)50(31-39-33-68-45-17-9-6-14-42(39)45)70-54(79)26-23-38-13-5-8-16-44(38)63/h5-10,13-18,21-22,24-25,33-34,36,47-53,68-69,77-78H,4,11-12,19-20,23,26-32,35H2,1-3H3,(H,66,85)(H,70,79)(H,71,80)(H,72,83)(H,73,84)(H,74,81)(H,75,82)(H4,64,65,67)/t47-,48-,49-,50-,51+,52-,53-/m0/s1. The highest BCUT2D eigenvalue weighted by molar-refractivity contribution is 5.99. The number of hydrogen-bond donors (Lipinski definition) is 13. The summed E-state index contributed by atoms with van der Waals surface area (Å²) in [4.78, 5) is 126. The number of benzene rings is 4. The van der Waals surface area contributed by atoms with Crippen molar-refractivity contribution in [3.8, 4) is 5.75 Å². The molecule has 0 radical (unpaired) electrons. The largest absolute Gasteiger partial charge is 0.508 e. The first-order chi connectivity index (χ1) is 41.3. The molecule has 23 nitrogen and oxygen atoms in total. The summed E-state index contributed by atoms with van der Waals surface area (Å²) < 4.78 is 14.5. The number of nitrogens with two attached hydrogens (primary N) is 2. The third kappa shape index (κ3) is 17.9. The Labute approximate surface area is 497 Å². The maximum atomic E-state index is 15.0. The van der Waals surface area contributed by atoms with E-state index in [2.05, 4.69) is 52.2 Å². The number of aliphatic hydroxyl groups excluding tert-OH is 1. The van der Waals surface area contributed by atoms with Crippen LogP contribution >= 0.6 is 0 Å². The normalized spacial score (nSPS) is 15.1. The molecule has 2 aromatic heterocycles. The topological polar surface area (TPSA) is 360 Å². The molecule has 1 aliphatic heterocycles. The Morgan fingerprint density at radius 1 is 0.663 bits per heavy atom. The average molecular weight is 1180 g/mol. The minimum absolute atomic E-state index is 0.0261. The molecule has 1 fully saturated rings. The molecule has 0 aliphatic carbocycles. The van der Waals surface area contributed by atoms with Gasteiger partial charge in [0.1, 0.15) is 53.9 Å². The molecule has 6 aromatic rings. The lowest BCUT2D eigenvalue weighted by molar-refractivity contribution is -0.142. The number of carbonyl (C=O) groups is 8. The predicted molar refractivity (Wildman–Crippen MR) is 322 cm³/mol. The number of carbonyl (C=O) groups excluding carboxylic acids is 8. The molecule has 8 amide bonds. The number of para-hydroxylation sites is 2. The highest BCUT2D eigenvalue weighted by atomic mass is 19.1. The molecule has 15 N–H and O–H groups in total. The molecule has 4 aromatic carbocycles. The molecule has 0 unspecified atom stereocenters. The Kier molecular flexibility index (Phi) is 23.2. The smallest absolute Gasteiger partial charge is 0.245 e. The van der Waals surface area contributed by atoms with Crippen LogP contribution < -0.4 is 48.7 Å². The van der Waals surface area contributed by atoms with E-state index in [1.807, 2.05) is 56.3 Å². The summed E-state index contributed by atoms with van der Waals surface area (Å²) in [5.74, 6) is -6.61. The van der Waals surface area contributed by atoms with Gasteiger partial charge in [0.15, 0.2) is 5.96 Å². The number of aliphatic imine (C=N–C) groups is 1. The molecule has 7 rings (SSSR count). The fraction of sp³-hybridized carbons (Fsp3) is 0.403. The van der Waals surface area contributed by atoms with E-state index in [0.717, 1.165) is 21.8 Å². The minimum Gasteiger partial charge on any atom is -0.508 e. The number of phenolic OH excluding ortho intramolecular Hbond substituents is 1. The van der Waals surface area contributed by atoms with Crippen molar-refractivity contribution in [3.05, 3.63) is 138 Å². The number of amides is 8. The number of phenols is 1. The monoisotopic (exact) mass is 1180 g/mol. The number of rotatable bonds is 30. The quantitative estimate of drug-likeness (QED) is 0.0176. The summed E-state index contributed by atoms with van der Waals surface area (Å²) in [6.07, 6.45) is 4.19. The number of aryl methyl sites for hydroxylation is 1. The van der Waals surface area contributed by atoms with Gasteiger partial charge in [-0.3, -0.25) is 43.3 Å². The van der Waals surface area contributed by atoms with Gasteiger partial charge in [-0.1, -0.05) is 80.6 Å². The summed E-state index contributed by atoms with van der Waals surface area (Å²) >= 11 is 0. The molecular formula is C62H78FN13O10. The number of hydrogen-bond acceptors (Lipinski definition) is 11. The van der Waals surface area contributed by atoms with Crippen molar-refractivity contribution in [1.82, 2.24) is 52.1 Å². The maximum Gasteiger partial charge on any atom is 0.245 e. The van der Waals surface area contributed by atoms with Gasteiger partial charge in [0, 0.05) is 79.5 Å². The zero-order chi connectivity index (χ0) is 61.9. The highest BCUT2D eigenvalue weighted by Crippen LogP contribution is 2.24. The lowest BCUT2D eigenvalue weighted by Gasteiger charge is -2.30. The maximum absolute atomic E-state index is 15.0. The van der Waals surface area contributed by atoms with Crippen LogP contribution in [0.15, 0.2) is 114 Å². The molecule has 86 heavy (non-hydrogen) atoms. The molecular weight excluding hydrogens is 1110 g/mol. The first-order valence-corrected chi connectivity index (χ1v) is 29.0. The van der Waals surface area contributed by atoms with Gasteiger partial charge in [0.25, 0.3) is 0 Å². The fourth-order valence-corrected chi connectivity index (χ4v) is 10.6. The van der Waals surface area contributed by atoms with Crippen molar-refractivity contribution in [2.24, 2.45) is 22.4 Å². The summed E-state index contributed by atoms with van der Waals surface area (Å²) in [5.41, 5.74) is 14.6. The first kappa shape index (κ1) is 64.2. The van der Waals surface area contributed by atoms with Crippen molar-refractivity contribution in [2.75, 3.05) is 26.2 Å². The van der Waals surface area contributed by atoms with Crippen molar-refractivity contribution in [1.29, 1.82) is 0 Å². The Balaban J connectivity index is 1.14. The van der Waals surface area contributed by atoms with Gasteiger partial charge in [0.2, 0.25) is 47.3 Å². The van der Waals surface area contributed by atoms with Gasteiger partial charge in [0.05, 0.1) is 6.61 Å². The van der Waals surface area contributed by atoms with Gasteiger partial charge < -0.3 is 73.8 Å². The number of aromatic hydroxyl groups is 1. The third-order valence-electron chi connectivity index (χ3n) is 15.0. The van der Waals surface area contributed by atoms with Crippen LogP contribution in [0.25, 0.3) is 21.8 Å². The second kappa shape index (κ2) is 31.0. The van der Waals surface area contributed by atoms with E-state index in [1.54, 1.807) is 37.5 Å². The van der Waals surface area contributed by atoms with E-state index in [9.17, 15) is 53.0 Å². The Bertz CT molecular complexity index is 3360. The second-order valence-corrected chi connectivity index (χ2v) is 21.9. The average Bonchev–Trinajstić information content (AvgIpc) is 4.30. The SMILES string of the molecule is CCNC(=O)[C@@H]1CCCN1C(=O)[C@H](CCCN=C(N)N)NC(=O)[C@H](CC(C)C)NC(=O)[C@@H](Cc1c[nH]c2ccccc12)NC(=O)[C@H](Cc1ccc(O)cc1)NC(=O)[C@H](CO)NC(=O)[C@H](Cc1c[nH]c2ccccc12)NC(=O)CCc1ccccc1F. The number of nitrogens with one attached hydrogen (secondary N) is 9. The van der Waals surface area contributed by atoms with Crippen LogP contribution in [0.1, 0.15) is 81.5 Å². The number of likely N-dealkylation sites (tertiary alicyclic amines) is 1. The van der Waals surface area contributed by atoms with Crippen LogP contribution in [0.3, 0.4) is 0 Å². The molecule has 3 heterocycles. The molecule has 458 valence electrons. The molecule has 1 saturated heterocycles. The van der Waals surface area contributed by atoms with Crippen molar-refractivity contribution >= 4 is 75.0 Å². The summed E-state index contributed by atoms with van der Waals surface area (Å²) in [6, 6.07) is 17.2. The van der Waals surface area contributed by atoms with Crippen molar-refractivity contribution in [2.45, 2.75) is 127 Å². The number of aliphatic hydroxyl groups is 1. The number of fused-ring (bicyclic) bond motifs is 2. The molecule has 1 aliphatic rings. The van der Waals surface area contributed by atoms with E-state index in [-0.39, 0.29) is 88.0 Å². The summed E-state index contributed by atoms with van der Waals surface area (Å²) in [7, 11) is 0. The Hall–Kier alpha value is -9.32. The van der Waals surface area contributed by atoms with Crippen LogP contribution in [0.4, 0.5) is 4.39 Å². The minimum atomic E-state index is -1.70. The summed E-state index contributed by atoms with van der Waals surface area (Å²) in [5, 5.41) is 41.6. The van der Waals surface area contributed by atoms with Crippen LogP contribution in [-0.4, -0.2) is 147 Å². The lowest BCUT2D eigenvalue weighted by Crippen LogP contribution is -2.61. The van der Waals surface area contributed by atoms with E-state index >= 15 is 0 Å². The van der Waals surface area contributed by atoms with Crippen LogP contribution in [0.2, 0.25) is 0 Å². The lowest BCUT2D eigenvalue weighted by atomic mass is 9.99. The summed E-state index contributed by atoms with van der Waals surface area (Å²) in [6.45, 7) is 5.25. The van der Waals surface area contributed by atoms with Crippen LogP contribution in [-0.2, 0) is 64.0 Å².